The lowest BCUT2D eigenvalue weighted by molar-refractivity contribution is -0.137. The van der Waals surface area contributed by atoms with Gasteiger partial charge in [-0.25, -0.2) is 13.1 Å². The second-order valence-corrected chi connectivity index (χ2v) is 7.59. The summed E-state index contributed by atoms with van der Waals surface area (Å²) >= 11 is 5.81. The van der Waals surface area contributed by atoms with E-state index >= 15 is 0 Å². The van der Waals surface area contributed by atoms with E-state index < -0.39 is 38.1 Å². The molecule has 0 radical (unpaired) electrons. The number of amides is 1. The van der Waals surface area contributed by atoms with Crippen LogP contribution in [0.1, 0.15) is 23.1 Å². The van der Waals surface area contributed by atoms with Gasteiger partial charge in [0, 0.05) is 11.4 Å². The molecule has 0 aromatic heterocycles. The van der Waals surface area contributed by atoms with Crippen LogP contribution in [0.4, 0.5) is 13.2 Å². The van der Waals surface area contributed by atoms with Gasteiger partial charge >= 0.3 is 6.18 Å². The molecule has 0 fully saturated rings. The molecule has 0 saturated carbocycles. The fourth-order valence-corrected chi connectivity index (χ4v) is 3.49. The number of aryl methyl sites for hydroxylation is 1. The number of rotatable bonds is 5. The highest BCUT2D eigenvalue weighted by molar-refractivity contribution is 7.90. The maximum Gasteiger partial charge on any atom is 0.417 e. The van der Waals surface area contributed by atoms with Crippen molar-refractivity contribution in [2.45, 2.75) is 23.9 Å². The number of sulfonamides is 1. The maximum absolute atomic E-state index is 13.0. The quantitative estimate of drug-likeness (QED) is 0.805. The zero-order valence-corrected chi connectivity index (χ0v) is 15.1. The number of carbonyl (C=O) groups excluding carboxylic acids is 1. The van der Waals surface area contributed by atoms with Crippen LogP contribution in [-0.2, 0) is 27.4 Å². The summed E-state index contributed by atoms with van der Waals surface area (Å²) in [6.45, 7) is 0. The number of nitrogens with one attached hydrogen (secondary N) is 1. The molecule has 0 unspecified atom stereocenters. The molecule has 2 aromatic carbocycles. The minimum absolute atomic E-state index is 0.198. The highest BCUT2D eigenvalue weighted by atomic mass is 35.5. The van der Waals surface area contributed by atoms with Gasteiger partial charge < -0.3 is 0 Å². The zero-order valence-electron chi connectivity index (χ0n) is 13.5. The topological polar surface area (TPSA) is 87.0 Å². The Hall–Kier alpha value is -2.57. The molecule has 0 spiro atoms. The molecule has 2 aromatic rings. The van der Waals surface area contributed by atoms with Gasteiger partial charge in [-0.2, -0.15) is 18.4 Å². The molecule has 10 heteroatoms. The summed E-state index contributed by atoms with van der Waals surface area (Å²) in [6.07, 6.45) is -4.92. The number of alkyl halides is 3. The third-order valence-electron chi connectivity index (χ3n) is 3.51. The van der Waals surface area contributed by atoms with Gasteiger partial charge in [-0.15, -0.1) is 0 Å². The Morgan fingerprint density at radius 2 is 1.89 bits per heavy atom. The lowest BCUT2D eigenvalue weighted by Crippen LogP contribution is -2.31. The summed E-state index contributed by atoms with van der Waals surface area (Å²) in [4.78, 5) is 11.1. The van der Waals surface area contributed by atoms with Crippen molar-refractivity contribution < 1.29 is 26.4 Å². The largest absolute Gasteiger partial charge is 0.417 e. The minimum Gasteiger partial charge on any atom is -0.274 e. The summed E-state index contributed by atoms with van der Waals surface area (Å²) in [6, 6.07) is 9.87. The standard InChI is InChI=1S/C17H12ClF3N2O3S/c18-13-3-1-2-11(8-13)4-7-16(24)23-27(25,26)14-6-5-12(10-22)15(9-14)17(19,20)21/h1-3,5-6,8-9H,4,7H2,(H,23,24). The smallest absolute Gasteiger partial charge is 0.274 e. The summed E-state index contributed by atoms with van der Waals surface area (Å²) in [7, 11) is -4.51. The van der Waals surface area contributed by atoms with Crippen molar-refractivity contribution in [3.05, 3.63) is 64.2 Å². The number of nitrogens with zero attached hydrogens (tertiary/aromatic N) is 1. The second kappa shape index (κ2) is 7.98. The average molecular weight is 417 g/mol. The predicted molar refractivity (Wildman–Crippen MR) is 91.3 cm³/mol. The van der Waals surface area contributed by atoms with Crippen LogP contribution in [0.3, 0.4) is 0 Å². The number of benzene rings is 2. The van der Waals surface area contributed by atoms with Crippen molar-refractivity contribution in [1.29, 1.82) is 5.26 Å². The molecule has 0 saturated heterocycles. The summed E-state index contributed by atoms with van der Waals surface area (Å²) < 4.78 is 65.0. The Morgan fingerprint density at radius 3 is 2.48 bits per heavy atom. The summed E-state index contributed by atoms with van der Waals surface area (Å²) in [5.41, 5.74) is -1.40. The molecule has 5 nitrogen and oxygen atoms in total. The van der Waals surface area contributed by atoms with E-state index in [2.05, 4.69) is 0 Å². The van der Waals surface area contributed by atoms with Gasteiger partial charge in [-0.05, 0) is 42.3 Å². The highest BCUT2D eigenvalue weighted by Crippen LogP contribution is 2.33. The Morgan fingerprint density at radius 1 is 1.19 bits per heavy atom. The predicted octanol–water partition coefficient (Wildman–Crippen LogP) is 3.67. The van der Waals surface area contributed by atoms with E-state index in [0.717, 1.165) is 12.1 Å². The first-order chi connectivity index (χ1) is 12.5. The van der Waals surface area contributed by atoms with E-state index in [9.17, 15) is 26.4 Å². The van der Waals surface area contributed by atoms with Crippen LogP contribution < -0.4 is 4.72 Å². The number of nitriles is 1. The first kappa shape index (κ1) is 20.7. The van der Waals surface area contributed by atoms with E-state index in [-0.39, 0.29) is 12.8 Å². The van der Waals surface area contributed by atoms with Gasteiger partial charge in [-0.1, -0.05) is 23.7 Å². The lowest BCUT2D eigenvalue weighted by Gasteiger charge is -2.12. The molecule has 1 amide bonds. The molecule has 0 aliphatic carbocycles. The van der Waals surface area contributed by atoms with Gasteiger partial charge in [0.15, 0.2) is 0 Å². The van der Waals surface area contributed by atoms with Crippen LogP contribution in [0.15, 0.2) is 47.4 Å². The van der Waals surface area contributed by atoms with Crippen LogP contribution >= 0.6 is 11.6 Å². The molecule has 2 rings (SSSR count). The van der Waals surface area contributed by atoms with Crippen LogP contribution in [0.2, 0.25) is 5.02 Å². The number of carbonyl (C=O) groups is 1. The van der Waals surface area contributed by atoms with Crippen LogP contribution in [0.5, 0.6) is 0 Å². The molecule has 0 atom stereocenters. The van der Waals surface area contributed by atoms with Crippen molar-refractivity contribution in [3.8, 4) is 6.07 Å². The third kappa shape index (κ3) is 5.45. The first-order valence-corrected chi connectivity index (χ1v) is 9.30. The number of hydrogen-bond acceptors (Lipinski definition) is 4. The molecular weight excluding hydrogens is 405 g/mol. The van der Waals surface area contributed by atoms with Crippen molar-refractivity contribution in [1.82, 2.24) is 4.72 Å². The van der Waals surface area contributed by atoms with Crippen LogP contribution in [0.25, 0.3) is 0 Å². The summed E-state index contributed by atoms with van der Waals surface area (Å²) in [5, 5.41) is 9.20. The van der Waals surface area contributed by atoms with Gasteiger partial charge in [0.2, 0.25) is 5.91 Å². The van der Waals surface area contributed by atoms with E-state index in [0.29, 0.717) is 16.7 Å². The van der Waals surface area contributed by atoms with E-state index in [1.165, 1.54) is 6.07 Å². The Labute approximate surface area is 158 Å². The normalized spacial score (nSPS) is 11.7. The zero-order chi connectivity index (χ0) is 20.2. The Bertz CT molecular complexity index is 1010. The Kier molecular flexibility index (Phi) is 6.13. The van der Waals surface area contributed by atoms with Gasteiger partial charge in [0.05, 0.1) is 22.1 Å². The molecule has 0 heterocycles. The fourth-order valence-electron chi connectivity index (χ4n) is 2.23. The molecule has 0 aliphatic heterocycles. The number of halogens is 4. The average Bonchev–Trinajstić information content (AvgIpc) is 2.58. The Balaban J connectivity index is 2.16. The maximum atomic E-state index is 13.0. The van der Waals surface area contributed by atoms with Crippen molar-refractivity contribution in [3.63, 3.8) is 0 Å². The number of hydrogen-bond donors (Lipinski definition) is 1. The SMILES string of the molecule is N#Cc1ccc(S(=O)(=O)NC(=O)CCc2cccc(Cl)c2)cc1C(F)(F)F. The minimum atomic E-state index is -4.91. The second-order valence-electron chi connectivity index (χ2n) is 5.48. The van der Waals surface area contributed by atoms with Gasteiger partial charge in [0.1, 0.15) is 0 Å². The molecule has 0 aliphatic rings. The van der Waals surface area contributed by atoms with Crippen LogP contribution in [-0.4, -0.2) is 14.3 Å². The molecule has 0 bridgehead atoms. The highest BCUT2D eigenvalue weighted by Gasteiger charge is 2.35. The molecule has 142 valence electrons. The molecular formula is C17H12ClF3N2O3S. The molecule has 27 heavy (non-hydrogen) atoms. The fraction of sp³-hybridized carbons (Fsp3) is 0.176. The van der Waals surface area contributed by atoms with Crippen molar-refractivity contribution in [2.75, 3.05) is 0 Å². The van der Waals surface area contributed by atoms with E-state index in [1.807, 2.05) is 0 Å². The monoisotopic (exact) mass is 416 g/mol. The van der Waals surface area contributed by atoms with E-state index in [4.69, 9.17) is 16.9 Å². The van der Waals surface area contributed by atoms with Crippen molar-refractivity contribution >= 4 is 27.5 Å². The third-order valence-corrected chi connectivity index (χ3v) is 5.11. The van der Waals surface area contributed by atoms with Gasteiger partial charge in [0.25, 0.3) is 10.0 Å². The van der Waals surface area contributed by atoms with Gasteiger partial charge in [-0.3, -0.25) is 4.79 Å². The van der Waals surface area contributed by atoms with Crippen molar-refractivity contribution in [2.24, 2.45) is 0 Å². The van der Waals surface area contributed by atoms with Crippen LogP contribution in [0, 0.1) is 11.3 Å². The first-order valence-electron chi connectivity index (χ1n) is 7.44. The molecule has 1 N–H and O–H groups in total. The summed E-state index contributed by atoms with van der Waals surface area (Å²) in [5.74, 6) is -0.882. The lowest BCUT2D eigenvalue weighted by atomic mass is 10.1. The van der Waals surface area contributed by atoms with E-state index in [1.54, 1.807) is 29.0 Å².